The largest absolute Gasteiger partial charge is 0.481 e. The van der Waals surface area contributed by atoms with Crippen LogP contribution in [0.15, 0.2) is 24.3 Å². The maximum Gasteiger partial charge on any atom is 0.303 e. The van der Waals surface area contributed by atoms with Gasteiger partial charge in [0.15, 0.2) is 0 Å². The average molecular weight is 277 g/mol. The Morgan fingerprint density at radius 1 is 1.20 bits per heavy atom. The van der Waals surface area contributed by atoms with Crippen molar-refractivity contribution in [1.29, 1.82) is 0 Å². The summed E-state index contributed by atoms with van der Waals surface area (Å²) < 4.78 is 0. The normalized spacial score (nSPS) is 11.8. The quantitative estimate of drug-likeness (QED) is 0.740. The number of aryl methyl sites for hydroxylation is 1. The van der Waals surface area contributed by atoms with Gasteiger partial charge in [-0.15, -0.1) is 0 Å². The molecule has 0 amide bonds. The van der Waals surface area contributed by atoms with Crippen molar-refractivity contribution in [2.24, 2.45) is 0 Å². The number of hydrogen-bond acceptors (Lipinski definition) is 2. The number of aliphatic carboxylic acids is 1. The molecule has 3 nitrogen and oxygen atoms in total. The molecule has 1 rings (SSSR count). The topological polar surface area (TPSA) is 40.5 Å². The van der Waals surface area contributed by atoms with E-state index in [1.165, 1.54) is 11.1 Å². The first-order valence-corrected chi connectivity index (χ1v) is 7.29. The number of nitrogens with zero attached hydrogens (tertiary/aromatic N) is 1. The van der Waals surface area contributed by atoms with Crippen LogP contribution in [-0.2, 0) is 10.2 Å². The minimum absolute atomic E-state index is 0.106. The number of carboxylic acids is 1. The summed E-state index contributed by atoms with van der Waals surface area (Å²) in [6, 6.07) is 8.72. The molecule has 0 unspecified atom stereocenters. The van der Waals surface area contributed by atoms with Crippen LogP contribution in [0.25, 0.3) is 0 Å². The number of unbranched alkanes of at least 4 members (excludes halogenated alkanes) is 1. The zero-order valence-corrected chi connectivity index (χ0v) is 13.1. The third-order valence-corrected chi connectivity index (χ3v) is 3.68. The van der Waals surface area contributed by atoms with Crippen LogP contribution >= 0.6 is 0 Å². The molecule has 0 aromatic heterocycles. The summed E-state index contributed by atoms with van der Waals surface area (Å²) >= 11 is 0. The molecule has 1 aromatic carbocycles. The van der Waals surface area contributed by atoms with Crippen molar-refractivity contribution in [3.8, 4) is 0 Å². The fraction of sp³-hybridized carbons (Fsp3) is 0.588. The second-order valence-corrected chi connectivity index (χ2v) is 6.34. The molecule has 1 N–H and O–H groups in total. The number of benzene rings is 1. The first-order chi connectivity index (χ1) is 9.31. The van der Waals surface area contributed by atoms with E-state index >= 15 is 0 Å². The molecule has 0 saturated heterocycles. The first-order valence-electron chi connectivity index (χ1n) is 7.29. The summed E-state index contributed by atoms with van der Waals surface area (Å²) in [7, 11) is 2.11. The zero-order chi connectivity index (χ0) is 15.2. The lowest BCUT2D eigenvalue weighted by Crippen LogP contribution is -2.35. The minimum Gasteiger partial charge on any atom is -0.481 e. The highest BCUT2D eigenvalue weighted by atomic mass is 16.4. The summed E-state index contributed by atoms with van der Waals surface area (Å²) in [5.41, 5.74) is 2.74. The predicted octanol–water partition coefficient (Wildman–Crippen LogP) is 3.46. The molecule has 112 valence electrons. The Hall–Kier alpha value is -1.35. The van der Waals surface area contributed by atoms with Gasteiger partial charge in [0.05, 0.1) is 0 Å². The molecule has 20 heavy (non-hydrogen) atoms. The monoisotopic (exact) mass is 277 g/mol. The Kier molecular flexibility index (Phi) is 6.21. The van der Waals surface area contributed by atoms with E-state index in [1.54, 1.807) is 0 Å². The first kappa shape index (κ1) is 16.7. The molecule has 0 saturated carbocycles. The van der Waals surface area contributed by atoms with E-state index in [2.05, 4.69) is 57.0 Å². The number of carbonyl (C=O) groups is 1. The minimum atomic E-state index is -0.701. The van der Waals surface area contributed by atoms with Gasteiger partial charge in [0.2, 0.25) is 0 Å². The van der Waals surface area contributed by atoms with E-state index in [4.69, 9.17) is 5.11 Å². The molecular weight excluding hydrogens is 250 g/mol. The van der Waals surface area contributed by atoms with Crippen LogP contribution in [0.3, 0.4) is 0 Å². The SMILES string of the molecule is Cc1ccc(C(C)(C)CN(C)CCCCC(=O)O)cc1. The Bertz CT molecular complexity index is 423. The van der Waals surface area contributed by atoms with E-state index in [-0.39, 0.29) is 11.8 Å². The lowest BCUT2D eigenvalue weighted by atomic mass is 9.84. The third-order valence-electron chi connectivity index (χ3n) is 3.68. The predicted molar refractivity (Wildman–Crippen MR) is 83.2 cm³/mol. The fourth-order valence-electron chi connectivity index (χ4n) is 2.51. The molecule has 0 aliphatic heterocycles. The molecule has 0 spiro atoms. The smallest absolute Gasteiger partial charge is 0.303 e. The number of likely N-dealkylation sites (N-methyl/N-ethyl adjacent to an activating group) is 1. The summed E-state index contributed by atoms with van der Waals surface area (Å²) in [5, 5.41) is 8.62. The summed E-state index contributed by atoms with van der Waals surface area (Å²) in [4.78, 5) is 12.8. The summed E-state index contributed by atoms with van der Waals surface area (Å²) in [6.45, 7) is 8.54. The lowest BCUT2D eigenvalue weighted by Gasteiger charge is -2.31. The number of rotatable bonds is 8. The molecule has 1 aromatic rings. The van der Waals surface area contributed by atoms with Gasteiger partial charge in [-0.2, -0.15) is 0 Å². The van der Waals surface area contributed by atoms with Gasteiger partial charge in [0.1, 0.15) is 0 Å². The number of carboxylic acid groups (broad SMARTS) is 1. The average Bonchev–Trinajstić information content (AvgIpc) is 2.34. The van der Waals surface area contributed by atoms with Crippen LogP contribution < -0.4 is 0 Å². The second-order valence-electron chi connectivity index (χ2n) is 6.34. The zero-order valence-electron chi connectivity index (χ0n) is 13.1. The molecule has 0 atom stereocenters. The van der Waals surface area contributed by atoms with E-state index < -0.39 is 5.97 Å². The standard InChI is InChI=1S/C17H27NO2/c1-14-8-10-15(11-9-14)17(2,3)13-18(4)12-6-5-7-16(19)20/h8-11H,5-7,12-13H2,1-4H3,(H,19,20). The van der Waals surface area contributed by atoms with Crippen molar-refractivity contribution in [2.75, 3.05) is 20.1 Å². The Balaban J connectivity index is 2.44. The molecule has 0 fully saturated rings. The van der Waals surface area contributed by atoms with Gasteiger partial charge in [-0.25, -0.2) is 0 Å². The molecule has 0 bridgehead atoms. The lowest BCUT2D eigenvalue weighted by molar-refractivity contribution is -0.137. The van der Waals surface area contributed by atoms with Crippen LogP contribution in [0.5, 0.6) is 0 Å². The van der Waals surface area contributed by atoms with Crippen LogP contribution in [0, 0.1) is 6.92 Å². The molecule has 0 aliphatic rings. The molecule has 0 radical (unpaired) electrons. The summed E-state index contributed by atoms with van der Waals surface area (Å²) in [6.07, 6.45) is 1.96. The summed E-state index contributed by atoms with van der Waals surface area (Å²) in [5.74, 6) is -0.701. The van der Waals surface area contributed by atoms with Gasteiger partial charge in [-0.1, -0.05) is 43.7 Å². The van der Waals surface area contributed by atoms with Crippen LogP contribution in [0.2, 0.25) is 0 Å². The highest BCUT2D eigenvalue weighted by Crippen LogP contribution is 2.24. The van der Waals surface area contributed by atoms with Crippen molar-refractivity contribution >= 4 is 5.97 Å². The van der Waals surface area contributed by atoms with Crippen LogP contribution in [0.4, 0.5) is 0 Å². The van der Waals surface area contributed by atoms with Crippen molar-refractivity contribution in [2.45, 2.75) is 45.4 Å². The molecule has 0 heterocycles. The number of hydrogen-bond donors (Lipinski definition) is 1. The van der Waals surface area contributed by atoms with Crippen LogP contribution in [0.1, 0.15) is 44.2 Å². The van der Waals surface area contributed by atoms with E-state index in [0.29, 0.717) is 0 Å². The van der Waals surface area contributed by atoms with E-state index in [0.717, 1.165) is 25.9 Å². The van der Waals surface area contributed by atoms with Crippen molar-refractivity contribution in [3.05, 3.63) is 35.4 Å². The van der Waals surface area contributed by atoms with Crippen molar-refractivity contribution < 1.29 is 9.90 Å². The Morgan fingerprint density at radius 3 is 2.35 bits per heavy atom. The third kappa shape index (κ3) is 5.74. The highest BCUT2D eigenvalue weighted by Gasteiger charge is 2.22. The highest BCUT2D eigenvalue weighted by molar-refractivity contribution is 5.66. The molecule has 3 heteroatoms. The Labute approximate surface area is 122 Å². The van der Waals surface area contributed by atoms with Gasteiger partial charge in [-0.05, 0) is 38.9 Å². The Morgan fingerprint density at radius 2 is 1.80 bits per heavy atom. The van der Waals surface area contributed by atoms with E-state index in [1.807, 2.05) is 0 Å². The van der Waals surface area contributed by atoms with Crippen molar-refractivity contribution in [1.82, 2.24) is 4.90 Å². The second kappa shape index (κ2) is 7.44. The maximum atomic E-state index is 10.5. The van der Waals surface area contributed by atoms with Gasteiger partial charge >= 0.3 is 5.97 Å². The van der Waals surface area contributed by atoms with Crippen molar-refractivity contribution in [3.63, 3.8) is 0 Å². The van der Waals surface area contributed by atoms with Crippen LogP contribution in [-0.4, -0.2) is 36.1 Å². The maximum absolute atomic E-state index is 10.5. The van der Waals surface area contributed by atoms with Gasteiger partial charge < -0.3 is 10.0 Å². The van der Waals surface area contributed by atoms with Gasteiger partial charge in [0, 0.05) is 18.4 Å². The van der Waals surface area contributed by atoms with Gasteiger partial charge in [-0.3, -0.25) is 4.79 Å². The van der Waals surface area contributed by atoms with E-state index in [9.17, 15) is 4.79 Å². The fourth-order valence-corrected chi connectivity index (χ4v) is 2.51. The molecule has 0 aliphatic carbocycles. The van der Waals surface area contributed by atoms with Gasteiger partial charge in [0.25, 0.3) is 0 Å². The molecular formula is C17H27NO2.